The van der Waals surface area contributed by atoms with E-state index in [1.807, 2.05) is 12.1 Å². The van der Waals surface area contributed by atoms with Gasteiger partial charge >= 0.3 is 0 Å². The van der Waals surface area contributed by atoms with Crippen molar-refractivity contribution in [3.05, 3.63) is 23.0 Å². The van der Waals surface area contributed by atoms with Crippen molar-refractivity contribution in [1.82, 2.24) is 9.55 Å². The van der Waals surface area contributed by atoms with Gasteiger partial charge in [0.2, 0.25) is 0 Å². The predicted octanol–water partition coefficient (Wildman–Crippen LogP) is 4.07. The number of H-pyrrole nitrogens is 1. The molecule has 0 saturated heterocycles. The summed E-state index contributed by atoms with van der Waals surface area (Å²) in [7, 11) is 0. The van der Waals surface area contributed by atoms with Crippen LogP contribution in [0.3, 0.4) is 0 Å². The topological polar surface area (TPSA) is 29.9 Å². The van der Waals surface area contributed by atoms with Gasteiger partial charge in [0.15, 0.2) is 4.77 Å². The van der Waals surface area contributed by atoms with Gasteiger partial charge in [0.05, 0.1) is 12.1 Å². The van der Waals surface area contributed by atoms with Crippen molar-refractivity contribution in [3.63, 3.8) is 0 Å². The summed E-state index contributed by atoms with van der Waals surface area (Å²) < 4.78 is 8.59. The third kappa shape index (κ3) is 2.22. The molecule has 1 heterocycles. The lowest BCUT2D eigenvalue weighted by atomic mass is 10.2. The molecule has 0 unspecified atom stereocenters. The third-order valence-corrected chi connectivity index (χ3v) is 2.99. The van der Waals surface area contributed by atoms with Crippen LogP contribution in [-0.2, 0) is 0 Å². The maximum atomic E-state index is 5.73. The minimum atomic E-state index is 0.345. The van der Waals surface area contributed by atoms with Gasteiger partial charge < -0.3 is 14.3 Å². The molecule has 2 aromatic rings. The monoisotopic (exact) mass is 250 g/mol. The Hall–Kier alpha value is -1.29. The molecule has 0 aliphatic heterocycles. The zero-order valence-electron chi connectivity index (χ0n) is 10.5. The normalized spacial score (nSPS) is 11.3. The van der Waals surface area contributed by atoms with Crippen LogP contribution in [0.1, 0.15) is 33.2 Å². The molecular weight excluding hydrogens is 232 g/mol. The highest BCUT2D eigenvalue weighted by atomic mass is 32.1. The molecule has 1 aromatic carbocycles. The number of ether oxygens (including phenoxy) is 1. The van der Waals surface area contributed by atoms with Gasteiger partial charge in [0.1, 0.15) is 11.3 Å². The fraction of sp³-hybridized carbons (Fsp3) is 0.462. The zero-order chi connectivity index (χ0) is 12.4. The van der Waals surface area contributed by atoms with Crippen LogP contribution in [0.5, 0.6) is 5.75 Å². The summed E-state index contributed by atoms with van der Waals surface area (Å²) in [5.41, 5.74) is 2.11. The van der Waals surface area contributed by atoms with E-state index < -0.39 is 0 Å². The molecule has 3 nitrogen and oxygen atoms in total. The van der Waals surface area contributed by atoms with E-state index in [1.165, 1.54) is 0 Å². The van der Waals surface area contributed by atoms with Crippen molar-refractivity contribution in [2.75, 3.05) is 6.61 Å². The first-order valence-corrected chi connectivity index (χ1v) is 6.42. The Morgan fingerprint density at radius 2 is 2.18 bits per heavy atom. The SMILES string of the molecule is CCCOc1cccc2c1[nH]c(=S)n2C(C)C. The third-order valence-electron chi connectivity index (χ3n) is 2.69. The largest absolute Gasteiger partial charge is 0.491 e. The highest BCUT2D eigenvalue weighted by Gasteiger charge is 2.10. The van der Waals surface area contributed by atoms with Gasteiger partial charge in [-0.25, -0.2) is 0 Å². The number of fused-ring (bicyclic) bond motifs is 1. The molecule has 4 heteroatoms. The molecule has 0 spiro atoms. The minimum Gasteiger partial charge on any atom is -0.491 e. The van der Waals surface area contributed by atoms with Crippen LogP contribution in [0.15, 0.2) is 18.2 Å². The second-order valence-corrected chi connectivity index (χ2v) is 4.78. The van der Waals surface area contributed by atoms with Crippen LogP contribution < -0.4 is 4.74 Å². The highest BCUT2D eigenvalue weighted by Crippen LogP contribution is 2.27. The van der Waals surface area contributed by atoms with Gasteiger partial charge in [-0.05, 0) is 44.6 Å². The quantitative estimate of drug-likeness (QED) is 0.829. The molecule has 0 aliphatic carbocycles. The molecule has 0 fully saturated rings. The molecular formula is C13H18N2OS. The van der Waals surface area contributed by atoms with E-state index in [9.17, 15) is 0 Å². The summed E-state index contributed by atoms with van der Waals surface area (Å²) in [6.07, 6.45) is 1.00. The molecule has 92 valence electrons. The Balaban J connectivity index is 2.59. The van der Waals surface area contributed by atoms with Crippen molar-refractivity contribution in [2.24, 2.45) is 0 Å². The number of aromatic nitrogens is 2. The summed E-state index contributed by atoms with van der Waals surface area (Å²) >= 11 is 5.35. The summed E-state index contributed by atoms with van der Waals surface area (Å²) in [5, 5.41) is 0. The number of imidazole rings is 1. The second kappa shape index (κ2) is 4.92. The molecule has 0 amide bonds. The fourth-order valence-electron chi connectivity index (χ4n) is 1.97. The van der Waals surface area contributed by atoms with Crippen LogP contribution in [0, 0.1) is 4.77 Å². The first-order chi connectivity index (χ1) is 8.15. The molecule has 0 saturated carbocycles. The lowest BCUT2D eigenvalue weighted by Crippen LogP contribution is -2.00. The Labute approximate surface area is 106 Å². The van der Waals surface area contributed by atoms with E-state index in [1.54, 1.807) is 0 Å². The van der Waals surface area contributed by atoms with E-state index in [2.05, 4.69) is 36.4 Å². The van der Waals surface area contributed by atoms with Crippen molar-refractivity contribution < 1.29 is 4.74 Å². The molecule has 0 radical (unpaired) electrons. The molecule has 1 N–H and O–H groups in total. The zero-order valence-corrected chi connectivity index (χ0v) is 11.3. The molecule has 17 heavy (non-hydrogen) atoms. The van der Waals surface area contributed by atoms with Crippen molar-refractivity contribution >= 4 is 23.3 Å². The highest BCUT2D eigenvalue weighted by molar-refractivity contribution is 7.71. The van der Waals surface area contributed by atoms with Gasteiger partial charge in [-0.3, -0.25) is 0 Å². The number of nitrogens with one attached hydrogen (secondary N) is 1. The average Bonchev–Trinajstić information content (AvgIpc) is 2.62. The van der Waals surface area contributed by atoms with Crippen molar-refractivity contribution in [2.45, 2.75) is 33.2 Å². The van der Waals surface area contributed by atoms with Gasteiger partial charge in [-0.2, -0.15) is 0 Å². The Bertz CT molecular complexity index is 568. The molecule has 0 bridgehead atoms. The maximum Gasteiger partial charge on any atom is 0.178 e. The van der Waals surface area contributed by atoms with Crippen LogP contribution >= 0.6 is 12.2 Å². The van der Waals surface area contributed by atoms with E-state index in [4.69, 9.17) is 17.0 Å². The number of hydrogen-bond donors (Lipinski definition) is 1. The van der Waals surface area contributed by atoms with Crippen LogP contribution in [0.25, 0.3) is 11.0 Å². The Morgan fingerprint density at radius 3 is 2.82 bits per heavy atom. The Morgan fingerprint density at radius 1 is 1.41 bits per heavy atom. The molecule has 0 aliphatic rings. The van der Waals surface area contributed by atoms with Crippen LogP contribution in [0.2, 0.25) is 0 Å². The van der Waals surface area contributed by atoms with E-state index in [0.29, 0.717) is 6.04 Å². The lowest BCUT2D eigenvalue weighted by molar-refractivity contribution is 0.320. The fourth-order valence-corrected chi connectivity index (χ4v) is 2.38. The summed E-state index contributed by atoms with van der Waals surface area (Å²) in [5.74, 6) is 0.884. The number of hydrogen-bond acceptors (Lipinski definition) is 2. The first-order valence-electron chi connectivity index (χ1n) is 6.01. The smallest absolute Gasteiger partial charge is 0.178 e. The molecule has 0 atom stereocenters. The molecule has 2 rings (SSSR count). The summed E-state index contributed by atoms with van der Waals surface area (Å²) in [4.78, 5) is 3.24. The predicted molar refractivity (Wildman–Crippen MR) is 73.3 cm³/mol. The van der Waals surface area contributed by atoms with E-state index in [-0.39, 0.29) is 0 Å². The number of benzene rings is 1. The standard InChI is InChI=1S/C13H18N2OS/c1-4-8-16-11-7-5-6-10-12(11)14-13(17)15(10)9(2)3/h5-7,9H,4,8H2,1-3H3,(H,14,17). The van der Waals surface area contributed by atoms with Gasteiger partial charge in [-0.15, -0.1) is 0 Å². The van der Waals surface area contributed by atoms with E-state index >= 15 is 0 Å². The van der Waals surface area contributed by atoms with Gasteiger partial charge in [-0.1, -0.05) is 13.0 Å². The summed E-state index contributed by atoms with van der Waals surface area (Å²) in [6.45, 7) is 7.08. The average molecular weight is 250 g/mol. The summed E-state index contributed by atoms with van der Waals surface area (Å²) in [6, 6.07) is 6.40. The van der Waals surface area contributed by atoms with Gasteiger partial charge in [0.25, 0.3) is 0 Å². The molecule has 1 aromatic heterocycles. The maximum absolute atomic E-state index is 5.73. The second-order valence-electron chi connectivity index (χ2n) is 4.39. The Kier molecular flexibility index (Phi) is 3.52. The van der Waals surface area contributed by atoms with E-state index in [0.717, 1.165) is 34.6 Å². The van der Waals surface area contributed by atoms with Crippen molar-refractivity contribution in [3.8, 4) is 5.75 Å². The first kappa shape index (κ1) is 12.2. The van der Waals surface area contributed by atoms with Crippen LogP contribution in [0.4, 0.5) is 0 Å². The number of para-hydroxylation sites is 1. The van der Waals surface area contributed by atoms with Crippen molar-refractivity contribution in [1.29, 1.82) is 0 Å². The number of aromatic amines is 1. The lowest BCUT2D eigenvalue weighted by Gasteiger charge is -2.09. The van der Waals surface area contributed by atoms with Gasteiger partial charge in [0, 0.05) is 6.04 Å². The minimum absolute atomic E-state index is 0.345. The number of rotatable bonds is 4. The number of nitrogens with zero attached hydrogens (tertiary/aromatic N) is 1. The van der Waals surface area contributed by atoms with Crippen LogP contribution in [-0.4, -0.2) is 16.2 Å².